The van der Waals surface area contributed by atoms with Gasteiger partial charge in [0.25, 0.3) is 0 Å². The molecular weight excluding hydrogens is 228 g/mol. The third kappa shape index (κ3) is 3.11. The van der Waals surface area contributed by atoms with Gasteiger partial charge < -0.3 is 11.5 Å². The van der Waals surface area contributed by atoms with E-state index in [9.17, 15) is 4.79 Å². The number of hydrogen-bond donors (Lipinski definition) is 3. The third-order valence-electron chi connectivity index (χ3n) is 3.78. The molecule has 18 heavy (non-hydrogen) atoms. The fourth-order valence-electron chi connectivity index (χ4n) is 2.50. The van der Waals surface area contributed by atoms with Gasteiger partial charge in [-0.2, -0.15) is 0 Å². The fraction of sp³-hybridized carbons (Fsp3) is 0.615. The summed E-state index contributed by atoms with van der Waals surface area (Å²) in [6, 6.07) is 0. The molecule has 5 nitrogen and oxygen atoms in total. The second kappa shape index (κ2) is 6.02. The summed E-state index contributed by atoms with van der Waals surface area (Å²) in [5.74, 6) is 0.759. The highest BCUT2D eigenvalue weighted by molar-refractivity contribution is 5.78. The maximum absolute atomic E-state index is 12.1. The normalized spacial score (nSPS) is 31.4. The number of rotatable bonds is 3. The summed E-state index contributed by atoms with van der Waals surface area (Å²) in [7, 11) is 0. The standard InChI is InChI=1S/C13H22N4O/c14-9-10-4-6-11(7-5-10)13(18)16-17-8-2-1-3-12(17)15/h1-3,8,10-12H,4-7,9,14-15H2,(H,16,18). The van der Waals surface area contributed by atoms with E-state index >= 15 is 0 Å². The molecule has 1 unspecified atom stereocenters. The summed E-state index contributed by atoms with van der Waals surface area (Å²) < 4.78 is 0. The molecule has 0 spiro atoms. The van der Waals surface area contributed by atoms with Gasteiger partial charge in [0, 0.05) is 12.1 Å². The van der Waals surface area contributed by atoms with E-state index in [2.05, 4.69) is 5.43 Å². The first-order valence-corrected chi connectivity index (χ1v) is 6.60. The quantitative estimate of drug-likeness (QED) is 0.679. The Hall–Kier alpha value is -1.33. The van der Waals surface area contributed by atoms with Gasteiger partial charge in [0.1, 0.15) is 6.17 Å². The molecule has 1 heterocycles. The molecule has 0 radical (unpaired) electrons. The predicted molar refractivity (Wildman–Crippen MR) is 70.7 cm³/mol. The molecule has 1 atom stereocenters. The number of carbonyl (C=O) groups excluding carboxylic acids is 1. The molecule has 1 amide bonds. The average molecular weight is 250 g/mol. The minimum absolute atomic E-state index is 0.0703. The van der Waals surface area contributed by atoms with Crippen LogP contribution in [0.15, 0.2) is 24.4 Å². The van der Waals surface area contributed by atoms with Crippen LogP contribution in [0.4, 0.5) is 0 Å². The zero-order valence-corrected chi connectivity index (χ0v) is 10.6. The van der Waals surface area contributed by atoms with E-state index in [1.807, 2.05) is 18.2 Å². The zero-order valence-electron chi connectivity index (χ0n) is 10.6. The minimum atomic E-state index is -0.278. The number of carbonyl (C=O) groups is 1. The maximum Gasteiger partial charge on any atom is 0.241 e. The van der Waals surface area contributed by atoms with Crippen molar-refractivity contribution in [2.24, 2.45) is 23.3 Å². The SMILES string of the molecule is NCC1CCC(C(=O)NN2C=CC=CC2N)CC1. The van der Waals surface area contributed by atoms with Gasteiger partial charge in [-0.15, -0.1) is 0 Å². The smallest absolute Gasteiger partial charge is 0.241 e. The highest BCUT2D eigenvalue weighted by Gasteiger charge is 2.27. The van der Waals surface area contributed by atoms with Crippen molar-refractivity contribution in [3.63, 3.8) is 0 Å². The predicted octanol–water partition coefficient (Wildman–Crippen LogP) is 0.453. The monoisotopic (exact) mass is 250 g/mol. The highest BCUT2D eigenvalue weighted by atomic mass is 16.2. The molecule has 1 saturated carbocycles. The Bertz CT molecular complexity index is 345. The average Bonchev–Trinajstić information content (AvgIpc) is 2.41. The van der Waals surface area contributed by atoms with E-state index in [1.165, 1.54) is 0 Å². The van der Waals surface area contributed by atoms with Crippen molar-refractivity contribution in [2.75, 3.05) is 6.54 Å². The summed E-state index contributed by atoms with van der Waals surface area (Å²) in [5.41, 5.74) is 14.4. The second-order valence-electron chi connectivity index (χ2n) is 5.05. The van der Waals surface area contributed by atoms with Gasteiger partial charge in [0.2, 0.25) is 5.91 Å². The third-order valence-corrected chi connectivity index (χ3v) is 3.78. The van der Waals surface area contributed by atoms with Crippen molar-refractivity contribution in [2.45, 2.75) is 31.8 Å². The first-order valence-electron chi connectivity index (χ1n) is 6.60. The second-order valence-corrected chi connectivity index (χ2v) is 5.05. The van der Waals surface area contributed by atoms with Gasteiger partial charge in [-0.1, -0.05) is 6.08 Å². The minimum Gasteiger partial charge on any atom is -0.330 e. The number of hydrogen-bond acceptors (Lipinski definition) is 4. The molecule has 2 aliphatic rings. The Labute approximate surface area is 108 Å². The molecule has 5 N–H and O–H groups in total. The number of nitrogens with two attached hydrogens (primary N) is 2. The van der Waals surface area contributed by atoms with E-state index in [4.69, 9.17) is 11.5 Å². The molecule has 1 aliphatic heterocycles. The molecule has 0 bridgehead atoms. The Morgan fingerprint density at radius 3 is 2.61 bits per heavy atom. The van der Waals surface area contributed by atoms with Gasteiger partial charge in [-0.05, 0) is 50.3 Å². The van der Waals surface area contributed by atoms with Crippen LogP contribution >= 0.6 is 0 Å². The summed E-state index contributed by atoms with van der Waals surface area (Å²) in [6.07, 6.45) is 11.0. The first kappa shape index (κ1) is 13.1. The first-order chi connectivity index (χ1) is 8.70. The zero-order chi connectivity index (χ0) is 13.0. The van der Waals surface area contributed by atoms with Crippen molar-refractivity contribution in [3.8, 4) is 0 Å². The lowest BCUT2D eigenvalue weighted by atomic mass is 9.82. The number of nitrogens with zero attached hydrogens (tertiary/aromatic N) is 1. The van der Waals surface area contributed by atoms with Crippen molar-refractivity contribution >= 4 is 5.91 Å². The summed E-state index contributed by atoms with van der Waals surface area (Å²) >= 11 is 0. The van der Waals surface area contributed by atoms with Crippen LogP contribution in [0.3, 0.4) is 0 Å². The Balaban J connectivity index is 1.82. The van der Waals surface area contributed by atoms with Crippen LogP contribution in [-0.4, -0.2) is 23.6 Å². The van der Waals surface area contributed by atoms with Gasteiger partial charge >= 0.3 is 0 Å². The van der Waals surface area contributed by atoms with E-state index in [0.29, 0.717) is 5.92 Å². The lowest BCUT2D eigenvalue weighted by Crippen LogP contribution is -2.51. The van der Waals surface area contributed by atoms with E-state index in [0.717, 1.165) is 32.2 Å². The molecule has 0 saturated heterocycles. The van der Waals surface area contributed by atoms with Crippen LogP contribution in [0.25, 0.3) is 0 Å². The topological polar surface area (TPSA) is 84.4 Å². The van der Waals surface area contributed by atoms with Crippen LogP contribution in [0.2, 0.25) is 0 Å². The van der Waals surface area contributed by atoms with Gasteiger partial charge in [-0.25, -0.2) is 0 Å². The van der Waals surface area contributed by atoms with Gasteiger partial charge in [0.15, 0.2) is 0 Å². The van der Waals surface area contributed by atoms with Crippen LogP contribution in [0.1, 0.15) is 25.7 Å². The molecule has 0 aromatic carbocycles. The fourth-order valence-corrected chi connectivity index (χ4v) is 2.50. The lowest BCUT2D eigenvalue weighted by molar-refractivity contribution is -0.130. The summed E-state index contributed by atoms with van der Waals surface area (Å²) in [6.45, 7) is 0.735. The Morgan fingerprint density at radius 2 is 2.00 bits per heavy atom. The van der Waals surface area contributed by atoms with E-state index < -0.39 is 0 Å². The molecule has 100 valence electrons. The van der Waals surface area contributed by atoms with E-state index in [1.54, 1.807) is 11.2 Å². The molecule has 1 fully saturated rings. The summed E-state index contributed by atoms with van der Waals surface area (Å²) in [5, 5.41) is 1.65. The molecule has 2 rings (SSSR count). The summed E-state index contributed by atoms with van der Waals surface area (Å²) in [4.78, 5) is 12.1. The number of amides is 1. The van der Waals surface area contributed by atoms with Gasteiger partial charge in [-0.3, -0.25) is 15.2 Å². The number of allylic oxidation sites excluding steroid dienone is 2. The highest BCUT2D eigenvalue weighted by Crippen LogP contribution is 2.28. The van der Waals surface area contributed by atoms with E-state index in [-0.39, 0.29) is 18.0 Å². The molecule has 0 aromatic rings. The Kier molecular flexibility index (Phi) is 4.38. The van der Waals surface area contributed by atoms with Crippen LogP contribution in [0, 0.1) is 11.8 Å². The van der Waals surface area contributed by atoms with Crippen molar-refractivity contribution in [1.29, 1.82) is 0 Å². The molecule has 5 heteroatoms. The Morgan fingerprint density at radius 1 is 1.28 bits per heavy atom. The van der Waals surface area contributed by atoms with Crippen molar-refractivity contribution in [3.05, 3.63) is 24.4 Å². The number of hydrazine groups is 1. The van der Waals surface area contributed by atoms with Gasteiger partial charge in [0.05, 0.1) is 0 Å². The van der Waals surface area contributed by atoms with Crippen LogP contribution in [-0.2, 0) is 4.79 Å². The molecule has 0 aromatic heterocycles. The lowest BCUT2D eigenvalue weighted by Gasteiger charge is -2.32. The maximum atomic E-state index is 12.1. The van der Waals surface area contributed by atoms with Crippen LogP contribution < -0.4 is 16.9 Å². The molecular formula is C13H22N4O. The van der Waals surface area contributed by atoms with Crippen molar-refractivity contribution < 1.29 is 4.79 Å². The largest absolute Gasteiger partial charge is 0.330 e. The molecule has 1 aliphatic carbocycles. The number of nitrogens with one attached hydrogen (secondary N) is 1. The van der Waals surface area contributed by atoms with Crippen molar-refractivity contribution in [1.82, 2.24) is 10.4 Å². The van der Waals surface area contributed by atoms with Crippen LogP contribution in [0.5, 0.6) is 0 Å².